The summed E-state index contributed by atoms with van der Waals surface area (Å²) in [7, 11) is 0. The molecule has 1 aromatic heterocycles. The highest BCUT2D eigenvalue weighted by molar-refractivity contribution is 7.99. The molecule has 0 amide bonds. The van der Waals surface area contributed by atoms with Gasteiger partial charge in [0.1, 0.15) is 0 Å². The van der Waals surface area contributed by atoms with Gasteiger partial charge in [0.2, 0.25) is 0 Å². The smallest absolute Gasteiger partial charge is 0.0388 e. The van der Waals surface area contributed by atoms with Crippen molar-refractivity contribution in [3.63, 3.8) is 0 Å². The number of rotatable bonds is 3. The molecular weight excluding hydrogens is 210 g/mol. The predicted molar refractivity (Wildman–Crippen MR) is 66.1 cm³/mol. The molecule has 0 aromatic carbocycles. The number of thioether (sulfide) groups is 1. The molecule has 1 fully saturated rings. The van der Waals surface area contributed by atoms with Crippen LogP contribution in [0.5, 0.6) is 0 Å². The van der Waals surface area contributed by atoms with Gasteiger partial charge in [-0.25, -0.2) is 0 Å². The lowest BCUT2D eigenvalue weighted by Gasteiger charge is -2.21. The van der Waals surface area contributed by atoms with Crippen molar-refractivity contribution in [3.8, 4) is 0 Å². The molecule has 1 aliphatic heterocycles. The highest BCUT2D eigenvalue weighted by Crippen LogP contribution is 2.27. The van der Waals surface area contributed by atoms with E-state index in [1.54, 1.807) is 0 Å². The van der Waals surface area contributed by atoms with Crippen LogP contribution in [0.1, 0.15) is 24.8 Å². The molecule has 14 heavy (non-hydrogen) atoms. The van der Waals surface area contributed by atoms with Crippen LogP contribution >= 0.6 is 23.1 Å². The molecule has 0 aliphatic carbocycles. The van der Waals surface area contributed by atoms with E-state index in [0.717, 1.165) is 5.92 Å². The zero-order valence-electron chi connectivity index (χ0n) is 8.69. The first-order chi connectivity index (χ1) is 6.77. The van der Waals surface area contributed by atoms with Crippen molar-refractivity contribution in [2.75, 3.05) is 11.5 Å². The molecular formula is C11H17NS2. The molecule has 0 radical (unpaired) electrons. The highest BCUT2D eigenvalue weighted by Gasteiger charge is 2.25. The molecule has 3 heteroatoms. The van der Waals surface area contributed by atoms with Crippen LogP contribution in [-0.4, -0.2) is 17.5 Å². The van der Waals surface area contributed by atoms with Crippen LogP contribution in [0.25, 0.3) is 0 Å². The number of nitrogens with one attached hydrogen (secondary N) is 1. The summed E-state index contributed by atoms with van der Waals surface area (Å²) < 4.78 is 0. The summed E-state index contributed by atoms with van der Waals surface area (Å²) in [5.74, 6) is 3.41. The van der Waals surface area contributed by atoms with Crippen molar-refractivity contribution in [3.05, 3.63) is 22.4 Å². The van der Waals surface area contributed by atoms with Gasteiger partial charge in [-0.1, -0.05) is 13.0 Å². The van der Waals surface area contributed by atoms with E-state index in [2.05, 4.69) is 48.4 Å². The van der Waals surface area contributed by atoms with E-state index in [-0.39, 0.29) is 0 Å². The van der Waals surface area contributed by atoms with Gasteiger partial charge in [0.05, 0.1) is 0 Å². The van der Waals surface area contributed by atoms with Crippen molar-refractivity contribution < 1.29 is 0 Å². The Morgan fingerprint density at radius 2 is 2.36 bits per heavy atom. The summed E-state index contributed by atoms with van der Waals surface area (Å²) in [4.78, 5) is 1.45. The summed E-state index contributed by atoms with van der Waals surface area (Å²) in [6, 6.07) is 5.57. The molecule has 1 saturated heterocycles. The Hall–Kier alpha value is 0.01000. The van der Waals surface area contributed by atoms with Crippen LogP contribution in [0.2, 0.25) is 0 Å². The molecule has 3 unspecified atom stereocenters. The van der Waals surface area contributed by atoms with Crippen LogP contribution in [0.3, 0.4) is 0 Å². The maximum Gasteiger partial charge on any atom is 0.0388 e. The third-order valence-electron chi connectivity index (χ3n) is 2.80. The van der Waals surface area contributed by atoms with E-state index < -0.39 is 0 Å². The standard InChI is InChI=1S/C11H17NS2/c1-8-6-13-7-10(8)12-9(2)11-4-3-5-14-11/h3-5,8-10,12H,6-7H2,1-2H3. The molecule has 0 saturated carbocycles. The minimum atomic E-state index is 0.515. The van der Waals surface area contributed by atoms with Crippen LogP contribution < -0.4 is 5.32 Å². The Morgan fingerprint density at radius 1 is 1.50 bits per heavy atom. The minimum absolute atomic E-state index is 0.515. The van der Waals surface area contributed by atoms with Crippen molar-refractivity contribution in [1.29, 1.82) is 0 Å². The van der Waals surface area contributed by atoms with E-state index in [9.17, 15) is 0 Å². The average Bonchev–Trinajstić information content (AvgIpc) is 2.77. The molecule has 0 spiro atoms. The third-order valence-corrected chi connectivity index (χ3v) is 5.21. The Bertz CT molecular complexity index is 271. The van der Waals surface area contributed by atoms with Gasteiger partial charge in [0, 0.05) is 22.7 Å². The quantitative estimate of drug-likeness (QED) is 0.851. The van der Waals surface area contributed by atoms with E-state index in [4.69, 9.17) is 0 Å². The second kappa shape index (κ2) is 4.69. The van der Waals surface area contributed by atoms with Gasteiger partial charge in [-0.2, -0.15) is 11.8 Å². The molecule has 2 heterocycles. The van der Waals surface area contributed by atoms with E-state index in [1.165, 1.54) is 16.4 Å². The largest absolute Gasteiger partial charge is 0.306 e. The molecule has 1 aromatic rings. The van der Waals surface area contributed by atoms with E-state index >= 15 is 0 Å². The molecule has 1 aliphatic rings. The lowest BCUT2D eigenvalue weighted by molar-refractivity contribution is 0.414. The van der Waals surface area contributed by atoms with Gasteiger partial charge < -0.3 is 5.32 Å². The molecule has 3 atom stereocenters. The van der Waals surface area contributed by atoms with Gasteiger partial charge in [-0.05, 0) is 30.0 Å². The van der Waals surface area contributed by atoms with Crippen LogP contribution in [-0.2, 0) is 0 Å². The second-order valence-electron chi connectivity index (χ2n) is 4.03. The SMILES string of the molecule is CC(NC1CSCC1C)c1cccs1. The Balaban J connectivity index is 1.91. The Kier molecular flexibility index (Phi) is 3.52. The summed E-state index contributed by atoms with van der Waals surface area (Å²) in [6.45, 7) is 4.61. The van der Waals surface area contributed by atoms with Crippen molar-refractivity contribution in [1.82, 2.24) is 5.32 Å². The lowest BCUT2D eigenvalue weighted by Crippen LogP contribution is -2.35. The minimum Gasteiger partial charge on any atom is -0.306 e. The fraction of sp³-hybridized carbons (Fsp3) is 0.636. The summed E-state index contributed by atoms with van der Waals surface area (Å²) in [6.07, 6.45) is 0. The summed E-state index contributed by atoms with van der Waals surface area (Å²) in [5, 5.41) is 5.87. The van der Waals surface area contributed by atoms with Gasteiger partial charge >= 0.3 is 0 Å². The van der Waals surface area contributed by atoms with Gasteiger partial charge in [-0.3, -0.25) is 0 Å². The molecule has 0 bridgehead atoms. The number of hydrogen-bond donors (Lipinski definition) is 1. The second-order valence-corrected chi connectivity index (χ2v) is 6.08. The van der Waals surface area contributed by atoms with Crippen LogP contribution in [0, 0.1) is 5.92 Å². The van der Waals surface area contributed by atoms with Crippen molar-refractivity contribution in [2.24, 2.45) is 5.92 Å². The summed E-state index contributed by atoms with van der Waals surface area (Å²) >= 11 is 3.92. The first-order valence-electron chi connectivity index (χ1n) is 5.14. The monoisotopic (exact) mass is 227 g/mol. The number of hydrogen-bond acceptors (Lipinski definition) is 3. The predicted octanol–water partition coefficient (Wildman–Crippen LogP) is 3.15. The zero-order valence-corrected chi connectivity index (χ0v) is 10.3. The molecule has 78 valence electrons. The van der Waals surface area contributed by atoms with Crippen molar-refractivity contribution in [2.45, 2.75) is 25.9 Å². The van der Waals surface area contributed by atoms with Crippen LogP contribution in [0.4, 0.5) is 0 Å². The normalized spacial score (nSPS) is 29.3. The zero-order chi connectivity index (χ0) is 9.97. The highest BCUT2D eigenvalue weighted by atomic mass is 32.2. The van der Waals surface area contributed by atoms with E-state index in [1.807, 2.05) is 11.3 Å². The molecule has 2 rings (SSSR count). The van der Waals surface area contributed by atoms with Gasteiger partial charge in [-0.15, -0.1) is 11.3 Å². The van der Waals surface area contributed by atoms with Crippen molar-refractivity contribution >= 4 is 23.1 Å². The summed E-state index contributed by atoms with van der Waals surface area (Å²) in [5.41, 5.74) is 0. The lowest BCUT2D eigenvalue weighted by atomic mass is 10.1. The first kappa shape index (κ1) is 10.5. The third kappa shape index (κ3) is 2.33. The topological polar surface area (TPSA) is 12.0 Å². The maximum absolute atomic E-state index is 3.72. The maximum atomic E-state index is 3.72. The van der Waals surface area contributed by atoms with Gasteiger partial charge in [0.25, 0.3) is 0 Å². The average molecular weight is 227 g/mol. The Labute approximate surface area is 94.3 Å². The fourth-order valence-corrected chi connectivity index (χ4v) is 3.98. The van der Waals surface area contributed by atoms with E-state index in [0.29, 0.717) is 12.1 Å². The Morgan fingerprint density at radius 3 is 2.93 bits per heavy atom. The fourth-order valence-electron chi connectivity index (χ4n) is 1.81. The van der Waals surface area contributed by atoms with Crippen LogP contribution in [0.15, 0.2) is 17.5 Å². The van der Waals surface area contributed by atoms with Gasteiger partial charge in [0.15, 0.2) is 0 Å². The first-order valence-corrected chi connectivity index (χ1v) is 7.18. The molecule has 1 N–H and O–H groups in total. The number of thiophene rings is 1. The molecule has 1 nitrogen and oxygen atoms in total.